The Morgan fingerprint density at radius 3 is 2.30 bits per heavy atom. The molecule has 5 heteroatoms. The van der Waals surface area contributed by atoms with Crippen LogP contribution in [0, 0.1) is 0 Å². The minimum absolute atomic E-state index is 0.240. The lowest BCUT2D eigenvalue weighted by atomic mass is 9.97. The maximum atomic E-state index is 6.30. The van der Waals surface area contributed by atoms with E-state index in [-0.39, 0.29) is 6.10 Å². The van der Waals surface area contributed by atoms with Crippen LogP contribution in [0.25, 0.3) is 0 Å². The second kappa shape index (κ2) is 4.91. The summed E-state index contributed by atoms with van der Waals surface area (Å²) in [6.07, 6.45) is 2.71. The van der Waals surface area contributed by atoms with Gasteiger partial charge in [-0.25, -0.2) is 0 Å². The standard InChI is InChI=1S/C15H19NO4/c16-15-13(4-11-6-18-11)9(3-10-5-17-10)1-2-14(15)20-8-12-7-19-12/h1-2,10-12H,3-8,16H2. The lowest BCUT2D eigenvalue weighted by molar-refractivity contribution is 0.264. The summed E-state index contributed by atoms with van der Waals surface area (Å²) in [6, 6.07) is 4.07. The van der Waals surface area contributed by atoms with Crippen LogP contribution in [-0.4, -0.2) is 44.7 Å². The molecule has 1 aromatic rings. The van der Waals surface area contributed by atoms with Gasteiger partial charge in [0.15, 0.2) is 0 Å². The van der Waals surface area contributed by atoms with E-state index in [1.165, 1.54) is 5.56 Å². The van der Waals surface area contributed by atoms with Crippen molar-refractivity contribution in [3.63, 3.8) is 0 Å². The van der Waals surface area contributed by atoms with Crippen LogP contribution in [0.3, 0.4) is 0 Å². The first-order valence-corrected chi connectivity index (χ1v) is 7.17. The van der Waals surface area contributed by atoms with Crippen LogP contribution in [0.1, 0.15) is 11.1 Å². The Kier molecular flexibility index (Phi) is 3.06. The molecule has 3 aliphatic heterocycles. The zero-order chi connectivity index (χ0) is 13.5. The molecule has 0 spiro atoms. The fourth-order valence-corrected chi connectivity index (χ4v) is 2.44. The summed E-state index contributed by atoms with van der Waals surface area (Å²) in [6.45, 7) is 3.06. The zero-order valence-corrected chi connectivity index (χ0v) is 11.3. The molecule has 0 bridgehead atoms. The van der Waals surface area contributed by atoms with Gasteiger partial charge in [-0.05, 0) is 17.2 Å². The van der Waals surface area contributed by atoms with Gasteiger partial charge in [0, 0.05) is 12.8 Å². The van der Waals surface area contributed by atoms with Gasteiger partial charge >= 0.3 is 0 Å². The Bertz CT molecular complexity index is 507. The maximum Gasteiger partial charge on any atom is 0.142 e. The largest absolute Gasteiger partial charge is 0.489 e. The number of hydrogen-bond acceptors (Lipinski definition) is 5. The molecule has 0 saturated carbocycles. The molecule has 3 fully saturated rings. The number of anilines is 1. The lowest BCUT2D eigenvalue weighted by Gasteiger charge is -2.15. The average Bonchev–Trinajstić information content (AvgIpc) is 3.25. The van der Waals surface area contributed by atoms with E-state index in [0.717, 1.165) is 49.7 Å². The van der Waals surface area contributed by atoms with Crippen molar-refractivity contribution in [1.29, 1.82) is 0 Å². The van der Waals surface area contributed by atoms with Crippen LogP contribution >= 0.6 is 0 Å². The number of rotatable bonds is 7. The molecular formula is C15H19NO4. The van der Waals surface area contributed by atoms with E-state index in [1.807, 2.05) is 6.07 Å². The van der Waals surface area contributed by atoms with Gasteiger partial charge in [0.05, 0.1) is 37.7 Å². The van der Waals surface area contributed by atoms with E-state index < -0.39 is 0 Å². The number of nitrogens with two attached hydrogens (primary N) is 1. The number of benzene rings is 1. The molecule has 1 aromatic carbocycles. The fourth-order valence-electron chi connectivity index (χ4n) is 2.44. The molecule has 0 aromatic heterocycles. The van der Waals surface area contributed by atoms with E-state index in [0.29, 0.717) is 18.8 Å². The van der Waals surface area contributed by atoms with Gasteiger partial charge in [-0.2, -0.15) is 0 Å². The van der Waals surface area contributed by atoms with Gasteiger partial charge in [-0.15, -0.1) is 0 Å². The first-order valence-electron chi connectivity index (χ1n) is 7.17. The highest BCUT2D eigenvalue weighted by atomic mass is 16.6. The van der Waals surface area contributed by atoms with Gasteiger partial charge in [-0.3, -0.25) is 0 Å². The van der Waals surface area contributed by atoms with Crippen molar-refractivity contribution in [2.45, 2.75) is 31.2 Å². The van der Waals surface area contributed by atoms with E-state index in [1.54, 1.807) is 0 Å². The molecule has 0 radical (unpaired) electrons. The van der Waals surface area contributed by atoms with E-state index in [4.69, 9.17) is 24.7 Å². The summed E-state index contributed by atoms with van der Waals surface area (Å²) in [4.78, 5) is 0. The topological polar surface area (TPSA) is 72.8 Å². The Hall–Kier alpha value is -1.30. The molecule has 20 heavy (non-hydrogen) atoms. The predicted molar refractivity (Wildman–Crippen MR) is 73.0 cm³/mol. The van der Waals surface area contributed by atoms with E-state index in [2.05, 4.69) is 6.07 Å². The molecule has 3 atom stereocenters. The normalized spacial score (nSPS) is 30.1. The summed E-state index contributed by atoms with van der Waals surface area (Å²) >= 11 is 0. The van der Waals surface area contributed by atoms with Crippen molar-refractivity contribution >= 4 is 5.69 Å². The summed E-state index contributed by atoms with van der Waals surface area (Å²) in [7, 11) is 0. The number of hydrogen-bond donors (Lipinski definition) is 1. The minimum Gasteiger partial charge on any atom is -0.489 e. The first-order chi connectivity index (χ1) is 9.79. The predicted octanol–water partition coefficient (Wildman–Crippen LogP) is 0.929. The molecule has 3 aliphatic rings. The van der Waals surface area contributed by atoms with Gasteiger partial charge in [-0.1, -0.05) is 6.07 Å². The molecule has 0 aliphatic carbocycles. The number of nitrogen functional groups attached to an aromatic ring is 1. The van der Waals surface area contributed by atoms with E-state index in [9.17, 15) is 0 Å². The van der Waals surface area contributed by atoms with Crippen LogP contribution in [0.5, 0.6) is 5.75 Å². The highest BCUT2D eigenvalue weighted by molar-refractivity contribution is 5.62. The van der Waals surface area contributed by atoms with Crippen LogP contribution in [-0.2, 0) is 27.1 Å². The van der Waals surface area contributed by atoms with Crippen molar-refractivity contribution in [2.75, 3.05) is 32.2 Å². The zero-order valence-electron chi connectivity index (χ0n) is 11.3. The molecule has 108 valence electrons. The third kappa shape index (κ3) is 2.90. The minimum atomic E-state index is 0.240. The smallest absolute Gasteiger partial charge is 0.142 e. The highest BCUT2D eigenvalue weighted by Gasteiger charge is 2.30. The third-order valence-corrected chi connectivity index (χ3v) is 3.93. The molecule has 3 saturated heterocycles. The first kappa shape index (κ1) is 12.4. The third-order valence-electron chi connectivity index (χ3n) is 3.93. The second-order valence-corrected chi connectivity index (χ2v) is 5.70. The molecular weight excluding hydrogens is 258 g/mol. The Balaban J connectivity index is 1.55. The van der Waals surface area contributed by atoms with Gasteiger partial charge < -0.3 is 24.7 Å². The lowest BCUT2D eigenvalue weighted by Crippen LogP contribution is -2.10. The van der Waals surface area contributed by atoms with Gasteiger partial charge in [0.1, 0.15) is 18.5 Å². The van der Waals surface area contributed by atoms with Gasteiger partial charge in [0.25, 0.3) is 0 Å². The van der Waals surface area contributed by atoms with Gasteiger partial charge in [0.2, 0.25) is 0 Å². The fraction of sp³-hybridized carbons (Fsp3) is 0.600. The van der Waals surface area contributed by atoms with Crippen LogP contribution < -0.4 is 10.5 Å². The van der Waals surface area contributed by atoms with Crippen molar-refractivity contribution in [2.24, 2.45) is 0 Å². The molecule has 0 amide bonds. The maximum absolute atomic E-state index is 6.30. The van der Waals surface area contributed by atoms with Crippen molar-refractivity contribution in [1.82, 2.24) is 0 Å². The Morgan fingerprint density at radius 2 is 1.65 bits per heavy atom. The summed E-state index contributed by atoms with van der Waals surface area (Å²) < 4.78 is 21.6. The number of ether oxygens (including phenoxy) is 4. The Morgan fingerprint density at radius 1 is 1.00 bits per heavy atom. The molecule has 3 heterocycles. The molecule has 5 nitrogen and oxygen atoms in total. The van der Waals surface area contributed by atoms with Crippen LogP contribution in [0.15, 0.2) is 12.1 Å². The SMILES string of the molecule is Nc1c(OCC2CO2)ccc(CC2CO2)c1CC1CO1. The van der Waals surface area contributed by atoms with Crippen LogP contribution in [0.2, 0.25) is 0 Å². The highest BCUT2D eigenvalue weighted by Crippen LogP contribution is 2.34. The van der Waals surface area contributed by atoms with Crippen molar-refractivity contribution < 1.29 is 18.9 Å². The summed E-state index contributed by atoms with van der Waals surface area (Å²) in [5.41, 5.74) is 9.47. The van der Waals surface area contributed by atoms with Crippen LogP contribution in [0.4, 0.5) is 5.69 Å². The monoisotopic (exact) mass is 277 g/mol. The van der Waals surface area contributed by atoms with E-state index >= 15 is 0 Å². The summed E-state index contributed by atoms with van der Waals surface area (Å²) in [5, 5.41) is 0. The summed E-state index contributed by atoms with van der Waals surface area (Å²) in [5.74, 6) is 0.761. The van der Waals surface area contributed by atoms with Crippen molar-refractivity contribution in [3.8, 4) is 5.75 Å². The quantitative estimate of drug-likeness (QED) is 0.593. The number of epoxide rings is 3. The van der Waals surface area contributed by atoms with Crippen molar-refractivity contribution in [3.05, 3.63) is 23.3 Å². The average molecular weight is 277 g/mol. The molecule has 2 N–H and O–H groups in total. The molecule has 3 unspecified atom stereocenters. The Labute approximate surface area is 117 Å². The second-order valence-electron chi connectivity index (χ2n) is 5.70. The molecule has 4 rings (SSSR count).